The van der Waals surface area contributed by atoms with Gasteiger partial charge < -0.3 is 0 Å². The minimum absolute atomic E-state index is 0.932. The van der Waals surface area contributed by atoms with Crippen LogP contribution in [0.15, 0.2) is 42.6 Å². The molecule has 0 spiro atoms. The standard InChI is InChI=1S/C21H36N/c1-4-5-6-7-8-9-10-11-12-16-19-22(2,3)20-21-17-14-13-15-18-21/h13-19H,4-12,20H2,1-3H3/q+1. The molecule has 0 radical (unpaired) electrons. The van der Waals surface area contributed by atoms with Crippen molar-refractivity contribution >= 4 is 0 Å². The van der Waals surface area contributed by atoms with E-state index in [0.29, 0.717) is 0 Å². The minimum Gasteiger partial charge on any atom is -0.299 e. The van der Waals surface area contributed by atoms with E-state index in [-0.39, 0.29) is 0 Å². The van der Waals surface area contributed by atoms with Crippen LogP contribution in [0.3, 0.4) is 0 Å². The topological polar surface area (TPSA) is 0 Å². The predicted octanol–water partition coefficient (Wildman–Crippen LogP) is 6.31. The molecule has 1 aromatic rings. The van der Waals surface area contributed by atoms with E-state index in [0.717, 1.165) is 11.0 Å². The van der Waals surface area contributed by atoms with Crippen LogP contribution in [0.4, 0.5) is 0 Å². The van der Waals surface area contributed by atoms with E-state index in [2.05, 4.69) is 63.6 Å². The molecule has 1 nitrogen and oxygen atoms in total. The molecule has 0 fully saturated rings. The average Bonchev–Trinajstić information content (AvgIpc) is 2.49. The van der Waals surface area contributed by atoms with Crippen molar-refractivity contribution < 1.29 is 4.48 Å². The van der Waals surface area contributed by atoms with Crippen LogP contribution < -0.4 is 0 Å². The third-order valence-corrected chi connectivity index (χ3v) is 4.17. The summed E-state index contributed by atoms with van der Waals surface area (Å²) in [5.74, 6) is 0. The zero-order valence-corrected chi connectivity index (χ0v) is 15.1. The fraction of sp³-hybridized carbons (Fsp3) is 0.619. The van der Waals surface area contributed by atoms with Crippen LogP contribution in [0.2, 0.25) is 0 Å². The molecule has 0 unspecified atom stereocenters. The van der Waals surface area contributed by atoms with Crippen LogP contribution in [-0.2, 0) is 6.54 Å². The first-order valence-electron chi connectivity index (χ1n) is 9.18. The van der Waals surface area contributed by atoms with E-state index < -0.39 is 0 Å². The average molecular weight is 303 g/mol. The Labute approximate surface area is 138 Å². The fourth-order valence-electron chi connectivity index (χ4n) is 2.86. The number of rotatable bonds is 12. The summed E-state index contributed by atoms with van der Waals surface area (Å²) in [6, 6.07) is 10.8. The molecule has 0 aromatic heterocycles. The summed E-state index contributed by atoms with van der Waals surface area (Å²) in [4.78, 5) is 0. The highest BCUT2D eigenvalue weighted by atomic mass is 15.3. The minimum atomic E-state index is 0.932. The van der Waals surface area contributed by atoms with E-state index in [1.54, 1.807) is 0 Å². The van der Waals surface area contributed by atoms with Gasteiger partial charge in [-0.15, -0.1) is 0 Å². The van der Waals surface area contributed by atoms with Crippen molar-refractivity contribution in [3.05, 3.63) is 48.2 Å². The summed E-state index contributed by atoms with van der Waals surface area (Å²) in [5.41, 5.74) is 1.41. The summed E-state index contributed by atoms with van der Waals surface area (Å²) >= 11 is 0. The Morgan fingerprint density at radius 1 is 0.818 bits per heavy atom. The zero-order chi connectivity index (χ0) is 16.1. The molecular formula is C21H36N+. The summed E-state index contributed by atoms with van der Waals surface area (Å²) < 4.78 is 0.932. The predicted molar refractivity (Wildman–Crippen MR) is 98.6 cm³/mol. The highest BCUT2D eigenvalue weighted by molar-refractivity contribution is 5.13. The lowest BCUT2D eigenvalue weighted by atomic mass is 10.1. The van der Waals surface area contributed by atoms with Crippen molar-refractivity contribution in [1.29, 1.82) is 0 Å². The van der Waals surface area contributed by atoms with Gasteiger partial charge in [0.1, 0.15) is 6.54 Å². The molecule has 0 aliphatic rings. The molecule has 22 heavy (non-hydrogen) atoms. The van der Waals surface area contributed by atoms with E-state index >= 15 is 0 Å². The van der Waals surface area contributed by atoms with Gasteiger partial charge in [0.25, 0.3) is 0 Å². The van der Waals surface area contributed by atoms with Gasteiger partial charge in [0, 0.05) is 5.56 Å². The van der Waals surface area contributed by atoms with Crippen molar-refractivity contribution in [2.24, 2.45) is 0 Å². The third kappa shape index (κ3) is 9.78. The first-order chi connectivity index (χ1) is 10.6. The van der Waals surface area contributed by atoms with Crippen LogP contribution in [0.25, 0.3) is 0 Å². The summed E-state index contributed by atoms with van der Waals surface area (Å²) in [5, 5.41) is 0. The quantitative estimate of drug-likeness (QED) is 0.313. The van der Waals surface area contributed by atoms with Gasteiger partial charge in [-0.25, -0.2) is 0 Å². The van der Waals surface area contributed by atoms with Gasteiger partial charge in [-0.2, -0.15) is 0 Å². The Kier molecular flexibility index (Phi) is 9.90. The highest BCUT2D eigenvalue weighted by Crippen LogP contribution is 2.12. The molecule has 0 aliphatic heterocycles. The van der Waals surface area contributed by atoms with Crippen molar-refractivity contribution in [2.75, 3.05) is 14.1 Å². The summed E-state index contributed by atoms with van der Waals surface area (Å²) in [6.07, 6.45) is 17.2. The van der Waals surface area contributed by atoms with Gasteiger partial charge in [-0.1, -0.05) is 82.2 Å². The second kappa shape index (κ2) is 11.5. The van der Waals surface area contributed by atoms with Crippen molar-refractivity contribution in [3.8, 4) is 0 Å². The number of benzene rings is 1. The van der Waals surface area contributed by atoms with E-state index in [9.17, 15) is 0 Å². The zero-order valence-electron chi connectivity index (χ0n) is 15.1. The number of hydrogen-bond acceptors (Lipinski definition) is 0. The lowest BCUT2D eigenvalue weighted by molar-refractivity contribution is -0.852. The largest absolute Gasteiger partial charge is 0.299 e. The Morgan fingerprint density at radius 3 is 2.05 bits per heavy atom. The van der Waals surface area contributed by atoms with E-state index in [4.69, 9.17) is 0 Å². The summed E-state index contributed by atoms with van der Waals surface area (Å²) in [6.45, 7) is 3.35. The number of hydrogen-bond donors (Lipinski definition) is 0. The van der Waals surface area contributed by atoms with Crippen molar-refractivity contribution in [2.45, 2.75) is 71.3 Å². The molecule has 0 bridgehead atoms. The molecule has 0 heterocycles. The van der Waals surface area contributed by atoms with Crippen LogP contribution in [0.5, 0.6) is 0 Å². The van der Waals surface area contributed by atoms with Gasteiger partial charge >= 0.3 is 0 Å². The summed E-state index contributed by atoms with van der Waals surface area (Å²) in [7, 11) is 4.55. The Bertz CT molecular complexity index is 392. The van der Waals surface area contributed by atoms with Crippen LogP contribution in [0.1, 0.15) is 70.3 Å². The molecule has 1 heteroatoms. The van der Waals surface area contributed by atoms with Crippen molar-refractivity contribution in [3.63, 3.8) is 0 Å². The molecule has 0 atom stereocenters. The maximum Gasteiger partial charge on any atom is 0.108 e. The molecule has 124 valence electrons. The Hall–Kier alpha value is -1.08. The molecule has 1 aromatic carbocycles. The number of allylic oxidation sites excluding steroid dienone is 1. The van der Waals surface area contributed by atoms with Crippen LogP contribution >= 0.6 is 0 Å². The van der Waals surface area contributed by atoms with Gasteiger partial charge in [0.15, 0.2) is 0 Å². The highest BCUT2D eigenvalue weighted by Gasteiger charge is 2.11. The number of nitrogens with zero attached hydrogens (tertiary/aromatic N) is 1. The monoisotopic (exact) mass is 302 g/mol. The van der Waals surface area contributed by atoms with Crippen LogP contribution in [0, 0.1) is 0 Å². The van der Waals surface area contributed by atoms with Crippen molar-refractivity contribution in [1.82, 2.24) is 0 Å². The van der Waals surface area contributed by atoms with Gasteiger partial charge in [-0.3, -0.25) is 4.48 Å². The lowest BCUT2D eigenvalue weighted by Gasteiger charge is -2.25. The van der Waals surface area contributed by atoms with E-state index in [1.807, 2.05) is 0 Å². The van der Waals surface area contributed by atoms with Crippen LogP contribution in [-0.4, -0.2) is 18.6 Å². The molecule has 1 rings (SSSR count). The molecule has 0 N–H and O–H groups in total. The second-order valence-corrected chi connectivity index (χ2v) is 7.07. The van der Waals surface area contributed by atoms with Gasteiger partial charge in [-0.05, 0) is 18.9 Å². The number of quaternary nitrogens is 1. The fourth-order valence-corrected chi connectivity index (χ4v) is 2.86. The number of unbranched alkanes of at least 4 members (excludes halogenated alkanes) is 8. The first-order valence-corrected chi connectivity index (χ1v) is 9.18. The Morgan fingerprint density at radius 2 is 1.41 bits per heavy atom. The van der Waals surface area contributed by atoms with Gasteiger partial charge in [0.05, 0.1) is 20.3 Å². The molecule has 0 amide bonds. The molecule has 0 saturated heterocycles. The van der Waals surface area contributed by atoms with E-state index in [1.165, 1.54) is 63.4 Å². The van der Waals surface area contributed by atoms with Gasteiger partial charge in [0.2, 0.25) is 0 Å². The maximum absolute atomic E-state index is 2.38. The molecule has 0 saturated carbocycles. The second-order valence-electron chi connectivity index (χ2n) is 7.07. The lowest BCUT2D eigenvalue weighted by Crippen LogP contribution is -2.32. The SMILES string of the molecule is CCCCCCCCCCC=C[N+](C)(C)Cc1ccccc1. The smallest absolute Gasteiger partial charge is 0.108 e. The normalized spacial score (nSPS) is 12.1. The molecular weight excluding hydrogens is 266 g/mol. The maximum atomic E-state index is 2.38. The molecule has 0 aliphatic carbocycles. The third-order valence-electron chi connectivity index (χ3n) is 4.17. The Balaban J connectivity index is 2.09. The first kappa shape index (κ1) is 19.0.